The minimum absolute atomic E-state index is 0.432. The Morgan fingerprint density at radius 2 is 1.73 bits per heavy atom. The molecule has 22 heavy (non-hydrogen) atoms. The summed E-state index contributed by atoms with van der Waals surface area (Å²) in [4.78, 5) is 0. The molecule has 0 spiro atoms. The Kier molecular flexibility index (Phi) is 6.56. The molecule has 1 fully saturated rings. The largest absolute Gasteiger partial charge is 0.490 e. The summed E-state index contributed by atoms with van der Waals surface area (Å²) in [6.45, 7) is 10.1. The quantitative estimate of drug-likeness (QED) is 0.591. The Morgan fingerprint density at radius 3 is 2.32 bits per heavy atom. The van der Waals surface area contributed by atoms with Crippen molar-refractivity contribution in [3.05, 3.63) is 23.8 Å². The van der Waals surface area contributed by atoms with Crippen molar-refractivity contribution >= 4 is 0 Å². The normalized spacial score (nSPS) is 21.5. The van der Waals surface area contributed by atoms with Gasteiger partial charge in [-0.15, -0.1) is 0 Å². The Bertz CT molecular complexity index is 458. The zero-order chi connectivity index (χ0) is 15.9. The number of ether oxygens (including phenoxy) is 3. The molecule has 0 aromatic heterocycles. The van der Waals surface area contributed by atoms with Gasteiger partial charge in [0.2, 0.25) is 0 Å². The third kappa shape index (κ3) is 4.64. The highest BCUT2D eigenvalue weighted by molar-refractivity contribution is 5.43. The topological polar surface area (TPSA) is 31.0 Å². The average Bonchev–Trinajstić information content (AvgIpc) is 3.31. The molecule has 3 unspecified atom stereocenters. The van der Waals surface area contributed by atoms with Crippen LogP contribution in [0.5, 0.6) is 11.5 Å². The van der Waals surface area contributed by atoms with E-state index in [2.05, 4.69) is 39.8 Å². The molecule has 0 amide bonds. The van der Waals surface area contributed by atoms with Crippen LogP contribution in [0.1, 0.15) is 52.5 Å². The van der Waals surface area contributed by atoms with Crippen LogP contribution in [-0.2, 0) is 11.2 Å². The molecule has 3 atom stereocenters. The first kappa shape index (κ1) is 17.1. The first-order valence-electron chi connectivity index (χ1n) is 8.73. The van der Waals surface area contributed by atoms with Gasteiger partial charge in [-0.2, -0.15) is 0 Å². The van der Waals surface area contributed by atoms with E-state index < -0.39 is 0 Å². The molecule has 1 saturated heterocycles. The van der Waals surface area contributed by atoms with Gasteiger partial charge in [0, 0.05) is 0 Å². The van der Waals surface area contributed by atoms with Gasteiger partial charge in [0.25, 0.3) is 0 Å². The number of hydrogen-bond donors (Lipinski definition) is 0. The maximum atomic E-state index is 5.87. The fourth-order valence-corrected chi connectivity index (χ4v) is 2.81. The highest BCUT2D eigenvalue weighted by Gasteiger charge is 2.40. The maximum Gasteiger partial charge on any atom is 0.161 e. The summed E-state index contributed by atoms with van der Waals surface area (Å²) >= 11 is 0. The van der Waals surface area contributed by atoms with E-state index in [0.717, 1.165) is 50.4 Å². The summed E-state index contributed by atoms with van der Waals surface area (Å²) < 4.78 is 17.4. The molecule has 2 rings (SSSR count). The predicted molar refractivity (Wildman–Crippen MR) is 89.8 cm³/mol. The molecule has 124 valence electrons. The van der Waals surface area contributed by atoms with E-state index >= 15 is 0 Å². The molecule has 0 aliphatic carbocycles. The number of rotatable bonds is 10. The van der Waals surface area contributed by atoms with Crippen molar-refractivity contribution < 1.29 is 14.2 Å². The highest BCUT2D eigenvalue weighted by atomic mass is 16.6. The van der Waals surface area contributed by atoms with Crippen molar-refractivity contribution in [2.24, 2.45) is 5.92 Å². The molecule has 0 bridgehead atoms. The van der Waals surface area contributed by atoms with Crippen molar-refractivity contribution in [2.45, 2.75) is 65.6 Å². The summed E-state index contributed by atoms with van der Waals surface area (Å²) in [6, 6.07) is 6.35. The Balaban J connectivity index is 2.01. The van der Waals surface area contributed by atoms with Gasteiger partial charge in [0.1, 0.15) is 0 Å². The summed E-state index contributed by atoms with van der Waals surface area (Å²) in [5.74, 6) is 2.29. The lowest BCUT2D eigenvalue weighted by molar-refractivity contribution is 0.268. The number of benzene rings is 1. The Morgan fingerprint density at radius 1 is 1.05 bits per heavy atom. The monoisotopic (exact) mass is 306 g/mol. The van der Waals surface area contributed by atoms with E-state index in [9.17, 15) is 0 Å². The van der Waals surface area contributed by atoms with Crippen LogP contribution in [-0.4, -0.2) is 25.4 Å². The maximum absolute atomic E-state index is 5.87. The van der Waals surface area contributed by atoms with E-state index in [-0.39, 0.29) is 0 Å². The molecule has 0 saturated carbocycles. The van der Waals surface area contributed by atoms with Crippen molar-refractivity contribution in [1.82, 2.24) is 0 Å². The lowest BCUT2D eigenvalue weighted by Gasteiger charge is -2.15. The van der Waals surface area contributed by atoms with E-state index in [1.807, 2.05) is 6.07 Å². The second kappa shape index (κ2) is 8.42. The molecule has 3 nitrogen and oxygen atoms in total. The molecule has 0 N–H and O–H groups in total. The van der Waals surface area contributed by atoms with Gasteiger partial charge in [-0.3, -0.25) is 0 Å². The standard InChI is InChI=1S/C19H30O3/c1-5-10-20-17-9-8-15(13-18(17)21-11-6-2)12-14(4)19-16(7-3)22-19/h8-9,13-14,16,19H,5-7,10-12H2,1-4H3. The fraction of sp³-hybridized carbons (Fsp3) is 0.684. The number of hydrogen-bond acceptors (Lipinski definition) is 3. The molecule has 1 aromatic carbocycles. The van der Waals surface area contributed by atoms with Crippen molar-refractivity contribution in [2.75, 3.05) is 13.2 Å². The second-order valence-corrected chi connectivity index (χ2v) is 6.21. The summed E-state index contributed by atoms with van der Waals surface area (Å²) in [5, 5.41) is 0. The van der Waals surface area contributed by atoms with E-state index in [0.29, 0.717) is 18.1 Å². The van der Waals surface area contributed by atoms with Crippen LogP contribution in [0, 0.1) is 5.92 Å². The van der Waals surface area contributed by atoms with Crippen LogP contribution in [0.3, 0.4) is 0 Å². The molecular weight excluding hydrogens is 276 g/mol. The minimum atomic E-state index is 0.432. The van der Waals surface area contributed by atoms with Gasteiger partial charge in [-0.1, -0.05) is 33.8 Å². The van der Waals surface area contributed by atoms with Crippen LogP contribution < -0.4 is 9.47 Å². The lowest BCUT2D eigenvalue weighted by Crippen LogP contribution is -2.10. The van der Waals surface area contributed by atoms with Crippen molar-refractivity contribution in [3.8, 4) is 11.5 Å². The van der Waals surface area contributed by atoms with Gasteiger partial charge in [0.15, 0.2) is 11.5 Å². The Hall–Kier alpha value is -1.22. The third-order valence-corrected chi connectivity index (χ3v) is 4.07. The molecule has 1 aliphatic heterocycles. The molecule has 3 heteroatoms. The Labute approximate surface area is 135 Å². The molecule has 1 aliphatic rings. The first-order valence-corrected chi connectivity index (χ1v) is 8.73. The van der Waals surface area contributed by atoms with Crippen LogP contribution in [0.4, 0.5) is 0 Å². The van der Waals surface area contributed by atoms with Crippen LogP contribution >= 0.6 is 0 Å². The summed E-state index contributed by atoms with van der Waals surface area (Å²) in [5.41, 5.74) is 1.30. The van der Waals surface area contributed by atoms with Gasteiger partial charge in [0.05, 0.1) is 25.4 Å². The van der Waals surface area contributed by atoms with E-state index in [1.165, 1.54) is 5.56 Å². The second-order valence-electron chi connectivity index (χ2n) is 6.21. The molecular formula is C19H30O3. The smallest absolute Gasteiger partial charge is 0.161 e. The van der Waals surface area contributed by atoms with Crippen LogP contribution in [0.2, 0.25) is 0 Å². The van der Waals surface area contributed by atoms with Gasteiger partial charge < -0.3 is 14.2 Å². The van der Waals surface area contributed by atoms with Crippen LogP contribution in [0.25, 0.3) is 0 Å². The minimum Gasteiger partial charge on any atom is -0.490 e. The van der Waals surface area contributed by atoms with Gasteiger partial charge in [-0.05, 0) is 49.3 Å². The summed E-state index contributed by atoms with van der Waals surface area (Å²) in [6.07, 6.45) is 5.05. The zero-order valence-corrected chi connectivity index (χ0v) is 14.4. The molecule has 1 heterocycles. The summed E-state index contributed by atoms with van der Waals surface area (Å²) in [7, 11) is 0. The first-order chi connectivity index (χ1) is 10.7. The number of epoxide rings is 1. The molecule has 1 aromatic rings. The van der Waals surface area contributed by atoms with E-state index in [1.54, 1.807) is 0 Å². The van der Waals surface area contributed by atoms with Crippen molar-refractivity contribution in [3.63, 3.8) is 0 Å². The third-order valence-electron chi connectivity index (χ3n) is 4.07. The zero-order valence-electron chi connectivity index (χ0n) is 14.4. The highest BCUT2D eigenvalue weighted by Crippen LogP contribution is 2.35. The predicted octanol–water partition coefficient (Wildman–Crippen LogP) is 4.62. The van der Waals surface area contributed by atoms with Gasteiger partial charge in [-0.25, -0.2) is 0 Å². The fourth-order valence-electron chi connectivity index (χ4n) is 2.81. The lowest BCUT2D eigenvalue weighted by atomic mass is 9.95. The SMILES string of the molecule is CCCOc1ccc(CC(C)C2OC2CC)cc1OCCC. The molecule has 0 radical (unpaired) electrons. The van der Waals surface area contributed by atoms with Gasteiger partial charge >= 0.3 is 0 Å². The average molecular weight is 306 g/mol. The van der Waals surface area contributed by atoms with Crippen LogP contribution in [0.15, 0.2) is 18.2 Å². The van der Waals surface area contributed by atoms with Crippen molar-refractivity contribution in [1.29, 1.82) is 0 Å². The van der Waals surface area contributed by atoms with E-state index in [4.69, 9.17) is 14.2 Å².